The van der Waals surface area contributed by atoms with Gasteiger partial charge < -0.3 is 9.73 Å². The average molecular weight is 344 g/mol. The molecule has 0 aliphatic rings. The van der Waals surface area contributed by atoms with E-state index in [0.717, 1.165) is 21.2 Å². The molecular formula is C14H18BrNO2S. The molecule has 3 nitrogen and oxygen atoms in total. The van der Waals surface area contributed by atoms with Crippen LogP contribution in [0.4, 0.5) is 0 Å². The van der Waals surface area contributed by atoms with Crippen LogP contribution in [0.3, 0.4) is 0 Å². The molecule has 1 N–H and O–H groups in total. The molecule has 0 radical (unpaired) electrons. The summed E-state index contributed by atoms with van der Waals surface area (Å²) in [5, 5.41) is 4.49. The van der Waals surface area contributed by atoms with Gasteiger partial charge in [-0.3, -0.25) is 4.21 Å². The highest BCUT2D eigenvalue weighted by atomic mass is 79.9. The quantitative estimate of drug-likeness (QED) is 0.901. The lowest BCUT2D eigenvalue weighted by Crippen LogP contribution is -2.33. The molecule has 5 heteroatoms. The van der Waals surface area contributed by atoms with Crippen LogP contribution in [0.2, 0.25) is 0 Å². The molecule has 3 unspecified atom stereocenters. The van der Waals surface area contributed by atoms with Crippen LogP contribution in [0.15, 0.2) is 33.2 Å². The minimum absolute atomic E-state index is 0.102. The first-order valence-corrected chi connectivity index (χ1v) is 8.73. The monoisotopic (exact) mass is 343 g/mol. The Kier molecular flexibility index (Phi) is 4.81. The van der Waals surface area contributed by atoms with Gasteiger partial charge in [-0.15, -0.1) is 0 Å². The largest absolute Gasteiger partial charge is 0.459 e. The van der Waals surface area contributed by atoms with Crippen LogP contribution in [0, 0.1) is 0 Å². The number of fused-ring (bicyclic) bond motifs is 1. The number of hydrogen-bond donors (Lipinski definition) is 1. The molecule has 0 amide bonds. The molecule has 1 aromatic carbocycles. The number of furan rings is 1. The maximum atomic E-state index is 11.2. The third-order valence-corrected chi connectivity index (χ3v) is 4.41. The Hall–Kier alpha value is -0.650. The van der Waals surface area contributed by atoms with Crippen molar-refractivity contribution in [1.82, 2.24) is 5.32 Å². The second-order valence-corrected chi connectivity index (χ2v) is 7.26. The number of nitrogens with one attached hydrogen (secondary N) is 1. The van der Waals surface area contributed by atoms with Crippen molar-refractivity contribution in [3.05, 3.63) is 34.5 Å². The van der Waals surface area contributed by atoms with Gasteiger partial charge in [-0.05, 0) is 38.1 Å². The van der Waals surface area contributed by atoms with E-state index in [1.165, 1.54) is 0 Å². The van der Waals surface area contributed by atoms with Crippen molar-refractivity contribution in [1.29, 1.82) is 0 Å². The predicted molar refractivity (Wildman–Crippen MR) is 83.9 cm³/mol. The van der Waals surface area contributed by atoms with E-state index >= 15 is 0 Å². The van der Waals surface area contributed by atoms with Crippen molar-refractivity contribution in [2.45, 2.75) is 25.9 Å². The van der Waals surface area contributed by atoms with Crippen LogP contribution >= 0.6 is 15.9 Å². The van der Waals surface area contributed by atoms with Gasteiger partial charge in [0.05, 0.1) is 6.04 Å². The van der Waals surface area contributed by atoms with E-state index in [1.807, 2.05) is 31.2 Å². The number of benzene rings is 1. The Morgan fingerprint density at radius 2 is 2.11 bits per heavy atom. The van der Waals surface area contributed by atoms with Crippen LogP contribution in [0.1, 0.15) is 25.6 Å². The van der Waals surface area contributed by atoms with Gasteiger partial charge in [-0.1, -0.05) is 15.9 Å². The highest BCUT2D eigenvalue weighted by Crippen LogP contribution is 2.26. The molecule has 0 aliphatic heterocycles. The molecule has 0 aliphatic carbocycles. The highest BCUT2D eigenvalue weighted by molar-refractivity contribution is 9.10. The summed E-state index contributed by atoms with van der Waals surface area (Å²) >= 11 is 3.46. The Balaban J connectivity index is 2.12. The zero-order valence-corrected chi connectivity index (χ0v) is 13.7. The first kappa shape index (κ1) is 14.8. The normalized spacial score (nSPS) is 16.4. The lowest BCUT2D eigenvalue weighted by atomic mass is 10.2. The molecule has 19 heavy (non-hydrogen) atoms. The van der Waals surface area contributed by atoms with Crippen LogP contribution in [-0.4, -0.2) is 22.3 Å². The van der Waals surface area contributed by atoms with Crippen molar-refractivity contribution in [2.75, 3.05) is 12.0 Å². The number of hydrogen-bond acceptors (Lipinski definition) is 3. The molecule has 1 aromatic heterocycles. The molecule has 1 heterocycles. The third kappa shape index (κ3) is 3.91. The first-order chi connectivity index (χ1) is 8.95. The van der Waals surface area contributed by atoms with E-state index in [4.69, 9.17) is 4.42 Å². The summed E-state index contributed by atoms with van der Waals surface area (Å²) in [6.07, 6.45) is 1.72. The topological polar surface area (TPSA) is 42.2 Å². The summed E-state index contributed by atoms with van der Waals surface area (Å²) < 4.78 is 18.1. The summed E-state index contributed by atoms with van der Waals surface area (Å²) in [5.74, 6) is 1.55. The highest BCUT2D eigenvalue weighted by Gasteiger charge is 2.14. The second-order valence-electron chi connectivity index (χ2n) is 4.86. The molecule has 0 saturated heterocycles. The van der Waals surface area contributed by atoms with Crippen molar-refractivity contribution < 1.29 is 8.63 Å². The molecule has 104 valence electrons. The minimum Gasteiger partial charge on any atom is -0.459 e. The fourth-order valence-corrected chi connectivity index (χ4v) is 3.34. The summed E-state index contributed by atoms with van der Waals surface area (Å²) in [6, 6.07) is 8.31. The van der Waals surface area contributed by atoms with Gasteiger partial charge >= 0.3 is 0 Å². The van der Waals surface area contributed by atoms with Crippen LogP contribution < -0.4 is 5.32 Å². The average Bonchev–Trinajstić information content (AvgIpc) is 2.70. The second kappa shape index (κ2) is 6.20. The Bertz CT molecular complexity index is 596. The van der Waals surface area contributed by atoms with Crippen LogP contribution in [-0.2, 0) is 10.8 Å². The zero-order valence-electron chi connectivity index (χ0n) is 11.3. The Morgan fingerprint density at radius 1 is 1.37 bits per heavy atom. The molecule has 0 bridgehead atoms. The molecule has 0 fully saturated rings. The fourth-order valence-electron chi connectivity index (χ4n) is 2.16. The standard InChI is InChI=1S/C14H18BrNO2S/c1-9(8-19(3)17)16-10(2)14-7-11-6-12(15)4-5-13(11)18-14/h4-7,9-10,16H,8H2,1-3H3. The molecule has 3 atom stereocenters. The molecule has 0 saturated carbocycles. The van der Waals surface area contributed by atoms with Gasteiger partial charge in [0.1, 0.15) is 11.3 Å². The fraction of sp³-hybridized carbons (Fsp3) is 0.429. The van der Waals surface area contributed by atoms with E-state index in [9.17, 15) is 4.21 Å². The van der Waals surface area contributed by atoms with E-state index in [1.54, 1.807) is 6.26 Å². The first-order valence-electron chi connectivity index (χ1n) is 6.21. The minimum atomic E-state index is -0.786. The smallest absolute Gasteiger partial charge is 0.134 e. The van der Waals surface area contributed by atoms with Crippen LogP contribution in [0.5, 0.6) is 0 Å². The van der Waals surface area contributed by atoms with Crippen molar-refractivity contribution in [3.8, 4) is 0 Å². The Morgan fingerprint density at radius 3 is 2.79 bits per heavy atom. The summed E-state index contributed by atoms with van der Waals surface area (Å²) in [4.78, 5) is 0. The lowest BCUT2D eigenvalue weighted by molar-refractivity contribution is 0.425. The van der Waals surface area contributed by atoms with Gasteiger partial charge in [0.25, 0.3) is 0 Å². The molecule has 2 aromatic rings. The van der Waals surface area contributed by atoms with Crippen molar-refractivity contribution in [3.63, 3.8) is 0 Å². The maximum Gasteiger partial charge on any atom is 0.134 e. The SMILES string of the molecule is CC(CS(C)=O)NC(C)c1cc2cc(Br)ccc2o1. The van der Waals surface area contributed by atoms with Crippen molar-refractivity contribution >= 4 is 37.7 Å². The van der Waals surface area contributed by atoms with E-state index < -0.39 is 10.8 Å². The lowest BCUT2D eigenvalue weighted by Gasteiger charge is -2.17. The summed E-state index contributed by atoms with van der Waals surface area (Å²) in [6.45, 7) is 4.10. The van der Waals surface area contributed by atoms with Gasteiger partial charge in [0.15, 0.2) is 0 Å². The number of halogens is 1. The van der Waals surface area contributed by atoms with Gasteiger partial charge in [-0.25, -0.2) is 0 Å². The Labute approximate surface area is 124 Å². The molecule has 2 rings (SSSR count). The van der Waals surface area contributed by atoms with E-state index in [-0.39, 0.29) is 12.1 Å². The van der Waals surface area contributed by atoms with Gasteiger partial charge in [0, 0.05) is 38.7 Å². The van der Waals surface area contributed by atoms with Gasteiger partial charge in [0.2, 0.25) is 0 Å². The molecule has 0 spiro atoms. The third-order valence-electron chi connectivity index (χ3n) is 2.94. The van der Waals surface area contributed by atoms with E-state index in [2.05, 4.69) is 28.2 Å². The predicted octanol–water partition coefficient (Wildman–Crippen LogP) is 3.61. The summed E-state index contributed by atoms with van der Waals surface area (Å²) in [7, 11) is -0.786. The van der Waals surface area contributed by atoms with Gasteiger partial charge in [-0.2, -0.15) is 0 Å². The summed E-state index contributed by atoms with van der Waals surface area (Å²) in [5.41, 5.74) is 0.888. The molecular weight excluding hydrogens is 326 g/mol. The van der Waals surface area contributed by atoms with E-state index in [0.29, 0.717) is 5.75 Å². The zero-order chi connectivity index (χ0) is 14.0. The number of rotatable bonds is 5. The van der Waals surface area contributed by atoms with Crippen molar-refractivity contribution in [2.24, 2.45) is 0 Å². The maximum absolute atomic E-state index is 11.2. The van der Waals surface area contributed by atoms with Crippen LogP contribution in [0.25, 0.3) is 11.0 Å².